The summed E-state index contributed by atoms with van der Waals surface area (Å²) in [6.45, 7) is 5.89. The van der Waals surface area contributed by atoms with Crippen molar-refractivity contribution in [2.45, 2.75) is 57.2 Å². The Balaban J connectivity index is 0.00000338. The fraction of sp³-hybridized carbons (Fsp3) is 0.650. The van der Waals surface area contributed by atoms with Gasteiger partial charge in [-0.3, -0.25) is 4.99 Å². The number of guanidine groups is 1. The molecule has 0 spiro atoms. The van der Waals surface area contributed by atoms with E-state index in [-0.39, 0.29) is 35.6 Å². The van der Waals surface area contributed by atoms with Gasteiger partial charge in [-0.05, 0) is 32.3 Å². The minimum atomic E-state index is 0. The van der Waals surface area contributed by atoms with Crippen molar-refractivity contribution in [2.75, 3.05) is 27.3 Å². The predicted molar refractivity (Wildman–Crippen MR) is 120 cm³/mol. The number of ether oxygens (including phenoxy) is 1. The van der Waals surface area contributed by atoms with Gasteiger partial charge < -0.3 is 20.7 Å². The number of halogens is 1. The molecule has 1 fully saturated rings. The fourth-order valence-electron chi connectivity index (χ4n) is 3.68. The van der Waals surface area contributed by atoms with E-state index in [9.17, 15) is 0 Å². The van der Waals surface area contributed by atoms with Crippen molar-refractivity contribution >= 4 is 29.9 Å². The Kier molecular flexibility index (Phi) is 10.5. The Labute approximate surface area is 175 Å². The minimum absolute atomic E-state index is 0. The second kappa shape index (κ2) is 11.8. The van der Waals surface area contributed by atoms with Crippen LogP contribution in [-0.4, -0.2) is 44.8 Å². The van der Waals surface area contributed by atoms with E-state index in [0.29, 0.717) is 12.6 Å². The van der Waals surface area contributed by atoms with Gasteiger partial charge in [0, 0.05) is 38.3 Å². The summed E-state index contributed by atoms with van der Waals surface area (Å²) in [5, 5.41) is 10.8. The SMILES string of the molecule is CN=C(NCC1(NC(C)c2ccccc2)CCCC1)NC(C)COC.I. The lowest BCUT2D eigenvalue weighted by molar-refractivity contribution is 0.178. The summed E-state index contributed by atoms with van der Waals surface area (Å²) in [6, 6.07) is 11.2. The summed E-state index contributed by atoms with van der Waals surface area (Å²) in [6.07, 6.45) is 4.95. The summed E-state index contributed by atoms with van der Waals surface area (Å²) in [5.41, 5.74) is 1.46. The lowest BCUT2D eigenvalue weighted by Crippen LogP contribution is -2.55. The van der Waals surface area contributed by atoms with Crippen molar-refractivity contribution in [3.8, 4) is 0 Å². The molecule has 2 atom stereocenters. The maximum Gasteiger partial charge on any atom is 0.191 e. The summed E-state index contributed by atoms with van der Waals surface area (Å²) in [5.74, 6) is 0.838. The first kappa shape index (κ1) is 23.2. The van der Waals surface area contributed by atoms with E-state index >= 15 is 0 Å². The van der Waals surface area contributed by atoms with Gasteiger partial charge in [0.2, 0.25) is 0 Å². The molecule has 1 aliphatic carbocycles. The number of nitrogens with one attached hydrogen (secondary N) is 3. The molecule has 0 amide bonds. The smallest absolute Gasteiger partial charge is 0.191 e. The van der Waals surface area contributed by atoms with Crippen LogP contribution in [-0.2, 0) is 4.74 Å². The third kappa shape index (κ3) is 7.04. The summed E-state index contributed by atoms with van der Waals surface area (Å²) < 4.78 is 5.19. The maximum absolute atomic E-state index is 5.19. The molecule has 0 aliphatic heterocycles. The van der Waals surface area contributed by atoms with Crippen molar-refractivity contribution in [2.24, 2.45) is 4.99 Å². The molecule has 1 aromatic carbocycles. The second-order valence-corrected chi connectivity index (χ2v) is 7.19. The van der Waals surface area contributed by atoms with Gasteiger partial charge in [-0.2, -0.15) is 0 Å². The Morgan fingerprint density at radius 3 is 2.42 bits per heavy atom. The van der Waals surface area contributed by atoms with Crippen LogP contribution in [0.1, 0.15) is 51.1 Å². The topological polar surface area (TPSA) is 57.7 Å². The summed E-state index contributed by atoms with van der Waals surface area (Å²) in [4.78, 5) is 4.35. The van der Waals surface area contributed by atoms with Crippen molar-refractivity contribution in [1.82, 2.24) is 16.0 Å². The first-order valence-corrected chi connectivity index (χ1v) is 9.37. The van der Waals surface area contributed by atoms with E-state index in [1.807, 2.05) is 7.05 Å². The Morgan fingerprint density at radius 1 is 1.19 bits per heavy atom. The van der Waals surface area contributed by atoms with Gasteiger partial charge in [-0.1, -0.05) is 43.2 Å². The standard InChI is InChI=1S/C20H34N4O.HI/c1-16(14-25-4)23-19(21-3)22-15-20(12-8-9-13-20)24-17(2)18-10-6-5-7-11-18;/h5-7,10-11,16-17,24H,8-9,12-15H2,1-4H3,(H2,21,22,23);1H. The first-order valence-electron chi connectivity index (χ1n) is 9.37. The molecular formula is C20H35IN4O. The summed E-state index contributed by atoms with van der Waals surface area (Å²) in [7, 11) is 3.53. The quantitative estimate of drug-likeness (QED) is 0.307. The van der Waals surface area contributed by atoms with Crippen LogP contribution in [0, 0.1) is 0 Å². The number of hydrogen-bond donors (Lipinski definition) is 3. The number of aliphatic imine (C=N–C) groups is 1. The third-order valence-electron chi connectivity index (χ3n) is 5.00. The highest BCUT2D eigenvalue weighted by atomic mass is 127. The minimum Gasteiger partial charge on any atom is -0.383 e. The van der Waals surface area contributed by atoms with E-state index < -0.39 is 0 Å². The highest BCUT2D eigenvalue weighted by Crippen LogP contribution is 2.31. The van der Waals surface area contributed by atoms with Crippen LogP contribution < -0.4 is 16.0 Å². The fourth-order valence-corrected chi connectivity index (χ4v) is 3.68. The average molecular weight is 474 g/mol. The van der Waals surface area contributed by atoms with E-state index in [1.54, 1.807) is 7.11 Å². The molecule has 148 valence electrons. The van der Waals surface area contributed by atoms with Crippen molar-refractivity contribution in [1.29, 1.82) is 0 Å². The van der Waals surface area contributed by atoms with Crippen LogP contribution >= 0.6 is 24.0 Å². The lowest BCUT2D eigenvalue weighted by atomic mass is 9.94. The molecule has 2 rings (SSSR count). The Hall–Kier alpha value is -0.860. The van der Waals surface area contributed by atoms with Crippen LogP contribution in [0.2, 0.25) is 0 Å². The largest absolute Gasteiger partial charge is 0.383 e. The molecule has 0 aromatic heterocycles. The molecule has 26 heavy (non-hydrogen) atoms. The van der Waals surface area contributed by atoms with Crippen molar-refractivity contribution in [3.05, 3.63) is 35.9 Å². The molecule has 6 heteroatoms. The van der Waals surface area contributed by atoms with E-state index in [4.69, 9.17) is 4.74 Å². The molecule has 0 radical (unpaired) electrons. The van der Waals surface area contributed by atoms with Crippen LogP contribution in [0.5, 0.6) is 0 Å². The highest BCUT2D eigenvalue weighted by molar-refractivity contribution is 14.0. The number of rotatable bonds is 8. The zero-order valence-corrected chi connectivity index (χ0v) is 18.9. The van der Waals surface area contributed by atoms with Gasteiger partial charge in [-0.15, -0.1) is 24.0 Å². The number of nitrogens with zero attached hydrogens (tertiary/aromatic N) is 1. The van der Waals surface area contributed by atoms with Gasteiger partial charge >= 0.3 is 0 Å². The van der Waals surface area contributed by atoms with Gasteiger partial charge in [0.15, 0.2) is 5.96 Å². The number of hydrogen-bond acceptors (Lipinski definition) is 3. The van der Waals surface area contributed by atoms with E-state index in [2.05, 4.69) is 65.1 Å². The first-order chi connectivity index (χ1) is 12.1. The average Bonchev–Trinajstić information content (AvgIpc) is 3.08. The molecule has 2 unspecified atom stereocenters. The summed E-state index contributed by atoms with van der Waals surface area (Å²) >= 11 is 0. The molecule has 5 nitrogen and oxygen atoms in total. The van der Waals surface area contributed by atoms with Crippen molar-refractivity contribution in [3.63, 3.8) is 0 Å². The zero-order chi connectivity index (χ0) is 18.1. The van der Waals surface area contributed by atoms with E-state index in [0.717, 1.165) is 12.5 Å². The van der Waals surface area contributed by atoms with E-state index in [1.165, 1.54) is 31.2 Å². The molecule has 0 bridgehead atoms. The lowest BCUT2D eigenvalue weighted by Gasteiger charge is -2.35. The van der Waals surface area contributed by atoms with Crippen LogP contribution in [0.15, 0.2) is 35.3 Å². The molecule has 1 aliphatic rings. The number of methoxy groups -OCH3 is 1. The number of benzene rings is 1. The normalized spacial score (nSPS) is 18.7. The maximum atomic E-state index is 5.19. The molecule has 1 saturated carbocycles. The molecule has 0 heterocycles. The highest BCUT2D eigenvalue weighted by Gasteiger charge is 2.35. The Morgan fingerprint density at radius 2 is 1.85 bits per heavy atom. The molecule has 0 saturated heterocycles. The monoisotopic (exact) mass is 474 g/mol. The van der Waals surface area contributed by atoms with Gasteiger partial charge in [0.25, 0.3) is 0 Å². The second-order valence-electron chi connectivity index (χ2n) is 7.19. The van der Waals surface area contributed by atoms with Crippen molar-refractivity contribution < 1.29 is 4.74 Å². The molecule has 1 aromatic rings. The van der Waals surface area contributed by atoms with Crippen LogP contribution in [0.4, 0.5) is 0 Å². The third-order valence-corrected chi connectivity index (χ3v) is 5.00. The molecular weight excluding hydrogens is 439 g/mol. The van der Waals surface area contributed by atoms with Gasteiger partial charge in [-0.25, -0.2) is 0 Å². The Bertz CT molecular complexity index is 532. The van der Waals surface area contributed by atoms with Crippen LogP contribution in [0.25, 0.3) is 0 Å². The van der Waals surface area contributed by atoms with Crippen LogP contribution in [0.3, 0.4) is 0 Å². The predicted octanol–water partition coefficient (Wildman–Crippen LogP) is 3.47. The zero-order valence-electron chi connectivity index (χ0n) is 16.5. The van der Waals surface area contributed by atoms with Gasteiger partial charge in [0.05, 0.1) is 6.61 Å². The molecule has 3 N–H and O–H groups in total. The van der Waals surface area contributed by atoms with Gasteiger partial charge in [0.1, 0.15) is 0 Å².